The molecule has 1 heterocycles. The van der Waals surface area contributed by atoms with Crippen LogP contribution in [-0.4, -0.2) is 44.6 Å². The number of para-hydroxylation sites is 1. The quantitative estimate of drug-likeness (QED) is 0.282. The summed E-state index contributed by atoms with van der Waals surface area (Å²) in [7, 11) is 4.39. The van der Waals surface area contributed by atoms with E-state index in [0.717, 1.165) is 29.2 Å². The van der Waals surface area contributed by atoms with Crippen molar-refractivity contribution in [3.63, 3.8) is 0 Å². The number of nitrogens with one attached hydrogen (secondary N) is 1. The average Bonchev–Trinajstić information content (AvgIpc) is 3.16. The van der Waals surface area contributed by atoms with Crippen LogP contribution in [0.2, 0.25) is 0 Å². The molecule has 32 heavy (non-hydrogen) atoms. The van der Waals surface area contributed by atoms with Gasteiger partial charge in [0, 0.05) is 11.6 Å². The maximum Gasteiger partial charge on any atom is 0.331 e. The van der Waals surface area contributed by atoms with Crippen LogP contribution in [0.5, 0.6) is 17.2 Å². The molecule has 0 atom stereocenters. The molecule has 0 radical (unpaired) electrons. The van der Waals surface area contributed by atoms with Gasteiger partial charge in [-0.2, -0.15) is 5.10 Å². The molecule has 9 nitrogen and oxygen atoms in total. The van der Waals surface area contributed by atoms with Crippen molar-refractivity contribution in [2.24, 2.45) is 10.2 Å². The summed E-state index contributed by atoms with van der Waals surface area (Å²) in [6.45, 7) is 0.292. The van der Waals surface area contributed by atoms with E-state index in [2.05, 4.69) is 20.3 Å². The van der Waals surface area contributed by atoms with Crippen LogP contribution in [0.15, 0.2) is 63.6 Å². The molecule has 10 heteroatoms. The van der Waals surface area contributed by atoms with Crippen molar-refractivity contribution in [2.75, 3.05) is 21.3 Å². The van der Waals surface area contributed by atoms with Gasteiger partial charge >= 0.3 is 5.97 Å². The Morgan fingerprint density at radius 3 is 2.69 bits per heavy atom. The van der Waals surface area contributed by atoms with Gasteiger partial charge in [-0.1, -0.05) is 18.2 Å². The largest absolute Gasteiger partial charge is 0.497 e. The topological polar surface area (TPSA) is 108 Å². The number of benzene rings is 2. The number of thioether (sulfide) groups is 1. The van der Waals surface area contributed by atoms with E-state index in [1.807, 2.05) is 24.3 Å². The van der Waals surface area contributed by atoms with Crippen LogP contribution in [0.25, 0.3) is 0 Å². The smallest absolute Gasteiger partial charge is 0.331 e. The van der Waals surface area contributed by atoms with Gasteiger partial charge in [-0.15, -0.1) is 5.10 Å². The molecule has 0 saturated carbocycles. The molecule has 0 spiro atoms. The van der Waals surface area contributed by atoms with Gasteiger partial charge in [0.25, 0.3) is 5.91 Å². The van der Waals surface area contributed by atoms with Crippen molar-refractivity contribution in [2.45, 2.75) is 6.61 Å². The number of esters is 1. The van der Waals surface area contributed by atoms with Crippen LogP contribution in [0.1, 0.15) is 11.1 Å². The highest BCUT2D eigenvalue weighted by Gasteiger charge is 2.25. The molecule has 0 aliphatic carbocycles. The van der Waals surface area contributed by atoms with Gasteiger partial charge < -0.3 is 18.9 Å². The summed E-state index contributed by atoms with van der Waals surface area (Å²) in [4.78, 5) is 23.4. The van der Waals surface area contributed by atoms with Crippen molar-refractivity contribution in [3.05, 3.63) is 64.6 Å². The Hall–Kier alpha value is -3.79. The van der Waals surface area contributed by atoms with Crippen molar-refractivity contribution in [1.82, 2.24) is 5.32 Å². The fraction of sp³-hybridized carbons (Fsp3) is 0.182. The molecule has 1 aliphatic rings. The molecular formula is C22H21N3O6S. The van der Waals surface area contributed by atoms with Gasteiger partial charge in [-0.05, 0) is 41.6 Å². The summed E-state index contributed by atoms with van der Waals surface area (Å²) in [5, 5.41) is 10.8. The molecule has 2 aromatic rings. The lowest BCUT2D eigenvalue weighted by molar-refractivity contribution is -0.135. The zero-order valence-electron chi connectivity index (χ0n) is 17.7. The Bertz CT molecular complexity index is 1100. The highest BCUT2D eigenvalue weighted by molar-refractivity contribution is 8.18. The second kappa shape index (κ2) is 11.0. The predicted octanol–water partition coefficient (Wildman–Crippen LogP) is 2.89. The van der Waals surface area contributed by atoms with E-state index >= 15 is 0 Å². The fourth-order valence-corrected chi connectivity index (χ4v) is 3.39. The Kier molecular flexibility index (Phi) is 7.87. The zero-order valence-corrected chi connectivity index (χ0v) is 18.5. The first-order chi connectivity index (χ1) is 15.5. The minimum Gasteiger partial charge on any atom is -0.497 e. The van der Waals surface area contributed by atoms with E-state index in [1.54, 1.807) is 32.4 Å². The first-order valence-electron chi connectivity index (χ1n) is 9.36. The van der Waals surface area contributed by atoms with Gasteiger partial charge in [0.05, 0.1) is 32.4 Å². The second-order valence-electron chi connectivity index (χ2n) is 6.26. The van der Waals surface area contributed by atoms with E-state index < -0.39 is 11.9 Å². The second-order valence-corrected chi connectivity index (χ2v) is 7.29. The normalized spacial score (nSPS) is 15.8. The summed E-state index contributed by atoms with van der Waals surface area (Å²) in [6, 6.07) is 12.9. The Labute approximate surface area is 189 Å². The van der Waals surface area contributed by atoms with Crippen LogP contribution >= 0.6 is 11.8 Å². The summed E-state index contributed by atoms with van der Waals surface area (Å²) in [5.41, 5.74) is 1.56. The van der Waals surface area contributed by atoms with Crippen molar-refractivity contribution in [3.8, 4) is 17.2 Å². The van der Waals surface area contributed by atoms with Crippen molar-refractivity contribution < 1.29 is 28.5 Å². The number of rotatable bonds is 8. The molecule has 166 valence electrons. The molecule has 0 bridgehead atoms. The third-order valence-corrected chi connectivity index (χ3v) is 5.09. The highest BCUT2D eigenvalue weighted by Crippen LogP contribution is 2.31. The van der Waals surface area contributed by atoms with Crippen LogP contribution < -0.4 is 19.5 Å². The lowest BCUT2D eigenvalue weighted by Gasteiger charge is -2.13. The lowest BCUT2D eigenvalue weighted by Crippen LogP contribution is -2.19. The lowest BCUT2D eigenvalue weighted by atomic mass is 10.2. The summed E-state index contributed by atoms with van der Waals surface area (Å²) in [5.74, 6) is 0.701. The first-order valence-corrected chi connectivity index (χ1v) is 10.2. The Morgan fingerprint density at radius 2 is 1.94 bits per heavy atom. The molecule has 2 aromatic carbocycles. The molecule has 0 unspecified atom stereocenters. The molecule has 0 aromatic heterocycles. The number of hydrogen-bond donors (Lipinski definition) is 1. The van der Waals surface area contributed by atoms with Gasteiger partial charge in [-0.25, -0.2) is 4.79 Å². The number of carbonyl (C=O) groups excluding carboxylic acids is 2. The number of carbonyl (C=O) groups is 2. The van der Waals surface area contributed by atoms with Gasteiger partial charge in [0.1, 0.15) is 12.4 Å². The standard InChI is InChI=1S/C22H21N3O6S/c1-28-16-8-4-6-14(10-16)13-31-20-15(7-5-9-17(20)29-2)12-23-25-22-24-21(27)18(32-22)11-19(26)30-3/h4-12H,13H2,1-3H3,(H,24,25,27)/b18-11+,23-12?. The Balaban J connectivity index is 1.76. The van der Waals surface area contributed by atoms with E-state index in [0.29, 0.717) is 23.7 Å². The third kappa shape index (κ3) is 5.88. The van der Waals surface area contributed by atoms with E-state index in [4.69, 9.17) is 14.2 Å². The molecule has 3 rings (SSSR count). The minimum absolute atomic E-state index is 0.175. The zero-order chi connectivity index (χ0) is 22.9. The molecule has 1 saturated heterocycles. The van der Waals surface area contributed by atoms with Crippen molar-refractivity contribution >= 4 is 35.0 Å². The molecule has 1 amide bonds. The fourth-order valence-electron chi connectivity index (χ4n) is 2.65. The average molecular weight is 455 g/mol. The van der Waals surface area contributed by atoms with Gasteiger partial charge in [-0.3, -0.25) is 10.1 Å². The third-order valence-electron chi connectivity index (χ3n) is 4.19. The first kappa shape index (κ1) is 22.9. The van der Waals surface area contributed by atoms with Crippen LogP contribution in [-0.2, 0) is 20.9 Å². The number of amides is 1. The number of nitrogens with zero attached hydrogens (tertiary/aromatic N) is 2. The molecular weight excluding hydrogens is 434 g/mol. The SMILES string of the molecule is COC(=O)/C=C1/S/C(=N\N=Cc2cccc(OC)c2OCc2cccc(OC)c2)NC1=O. The highest BCUT2D eigenvalue weighted by atomic mass is 32.2. The van der Waals surface area contributed by atoms with Crippen molar-refractivity contribution in [1.29, 1.82) is 0 Å². The van der Waals surface area contributed by atoms with Crippen LogP contribution in [0, 0.1) is 0 Å². The predicted molar refractivity (Wildman–Crippen MR) is 121 cm³/mol. The maximum atomic E-state index is 11.9. The monoisotopic (exact) mass is 455 g/mol. The molecule has 1 N–H and O–H groups in total. The minimum atomic E-state index is -0.624. The molecule has 1 aliphatic heterocycles. The number of amidine groups is 1. The number of hydrogen-bond acceptors (Lipinski definition) is 9. The number of methoxy groups -OCH3 is 3. The van der Waals surface area contributed by atoms with E-state index in [9.17, 15) is 9.59 Å². The van der Waals surface area contributed by atoms with E-state index in [-0.39, 0.29) is 10.1 Å². The molecule has 1 fully saturated rings. The van der Waals surface area contributed by atoms with Crippen LogP contribution in [0.3, 0.4) is 0 Å². The van der Waals surface area contributed by atoms with Gasteiger partial charge in [0.2, 0.25) is 0 Å². The number of ether oxygens (including phenoxy) is 4. The summed E-state index contributed by atoms with van der Waals surface area (Å²) >= 11 is 0.989. The Morgan fingerprint density at radius 1 is 1.12 bits per heavy atom. The van der Waals surface area contributed by atoms with Gasteiger partial charge in [0.15, 0.2) is 16.7 Å². The maximum absolute atomic E-state index is 11.9. The van der Waals surface area contributed by atoms with Crippen LogP contribution in [0.4, 0.5) is 0 Å². The summed E-state index contributed by atoms with van der Waals surface area (Å²) < 4.78 is 21.2. The van der Waals surface area contributed by atoms with E-state index in [1.165, 1.54) is 13.3 Å². The summed E-state index contributed by atoms with van der Waals surface area (Å²) in [6.07, 6.45) is 2.59.